The number of Topliss-reactive ketones (excluding diaryl/α,β-unsaturated/α-hetero) is 2. The number of rotatable bonds is 2. The molecule has 0 spiro atoms. The van der Waals surface area contributed by atoms with Crippen molar-refractivity contribution in [1.29, 1.82) is 0 Å². The number of hydrogen-bond donors (Lipinski definition) is 2. The minimum atomic E-state index is -2.71. The molecular weight excluding hydrogens is 340 g/mol. The zero-order chi connectivity index (χ0) is 19.6. The van der Waals surface area contributed by atoms with Crippen molar-refractivity contribution in [3.05, 3.63) is 39.5 Å². The van der Waals surface area contributed by atoms with Gasteiger partial charge in [-0.25, -0.2) is 4.79 Å². The van der Waals surface area contributed by atoms with Crippen molar-refractivity contribution in [2.45, 2.75) is 45.5 Å². The lowest BCUT2D eigenvalue weighted by atomic mass is 9.76. The Labute approximate surface area is 150 Å². The van der Waals surface area contributed by atoms with Crippen LogP contribution in [0.1, 0.15) is 52.6 Å². The van der Waals surface area contributed by atoms with Gasteiger partial charge in [-0.1, -0.05) is 6.92 Å². The summed E-state index contributed by atoms with van der Waals surface area (Å²) in [5.41, 5.74) is -0.983. The molecule has 0 radical (unpaired) electrons. The van der Waals surface area contributed by atoms with Crippen molar-refractivity contribution in [2.75, 3.05) is 7.11 Å². The molecule has 1 aliphatic heterocycles. The molecule has 1 atom stereocenters. The molecule has 3 rings (SSSR count). The Morgan fingerprint density at radius 1 is 1.23 bits per heavy atom. The summed E-state index contributed by atoms with van der Waals surface area (Å²) in [5, 5.41) is 21.4. The first-order valence-corrected chi connectivity index (χ1v) is 8.22. The average molecular weight is 360 g/mol. The Kier molecular flexibility index (Phi) is 3.86. The molecule has 138 valence electrons. The standard InChI is InChI=1S/C19H20O7/c1-6-9-8(2)7-10-11(14(9)20)16(22)13-12(15(10)21)18(3,4)26-19(13,24)17(23)25-5/h7,20,24H,6H2,1-5H3/t19-/m0/s1. The molecule has 7 nitrogen and oxygen atoms in total. The summed E-state index contributed by atoms with van der Waals surface area (Å²) in [6.45, 7) is 6.50. The summed E-state index contributed by atoms with van der Waals surface area (Å²) in [6, 6.07) is 1.55. The van der Waals surface area contributed by atoms with Gasteiger partial charge in [0.2, 0.25) is 0 Å². The first-order chi connectivity index (χ1) is 12.0. The van der Waals surface area contributed by atoms with Gasteiger partial charge < -0.3 is 19.7 Å². The summed E-state index contributed by atoms with van der Waals surface area (Å²) in [5.74, 6) is -5.62. The van der Waals surface area contributed by atoms with Crippen molar-refractivity contribution in [3.63, 3.8) is 0 Å². The molecule has 2 aliphatic rings. The summed E-state index contributed by atoms with van der Waals surface area (Å²) in [7, 11) is 1.04. The number of phenolic OH excluding ortho intramolecular Hbond substituents is 1. The van der Waals surface area contributed by atoms with Gasteiger partial charge in [0.15, 0.2) is 11.6 Å². The number of esters is 1. The number of methoxy groups -OCH3 is 1. The number of aromatic hydroxyl groups is 1. The van der Waals surface area contributed by atoms with E-state index in [0.29, 0.717) is 17.5 Å². The minimum absolute atomic E-state index is 0.0340. The van der Waals surface area contributed by atoms with Gasteiger partial charge in [0, 0.05) is 11.1 Å². The second-order valence-electron chi connectivity index (χ2n) is 6.95. The van der Waals surface area contributed by atoms with Crippen LogP contribution >= 0.6 is 0 Å². The molecular formula is C19H20O7. The van der Waals surface area contributed by atoms with E-state index in [1.54, 1.807) is 19.9 Å². The van der Waals surface area contributed by atoms with Crippen LogP contribution in [0.25, 0.3) is 0 Å². The van der Waals surface area contributed by atoms with Crippen LogP contribution in [0.3, 0.4) is 0 Å². The van der Waals surface area contributed by atoms with Gasteiger partial charge in [0.05, 0.1) is 23.8 Å². The molecule has 0 saturated carbocycles. The van der Waals surface area contributed by atoms with Gasteiger partial charge in [-0.2, -0.15) is 0 Å². The molecule has 0 saturated heterocycles. The van der Waals surface area contributed by atoms with Gasteiger partial charge >= 0.3 is 5.97 Å². The molecule has 1 aromatic rings. The highest BCUT2D eigenvalue weighted by Crippen LogP contribution is 2.49. The summed E-state index contributed by atoms with van der Waals surface area (Å²) in [6.07, 6.45) is 0.446. The molecule has 2 N–H and O–H groups in total. The van der Waals surface area contributed by atoms with Crippen molar-refractivity contribution >= 4 is 17.5 Å². The van der Waals surface area contributed by atoms with Crippen LogP contribution in [0.5, 0.6) is 5.75 Å². The number of aliphatic hydroxyl groups is 1. The molecule has 0 amide bonds. The summed E-state index contributed by atoms with van der Waals surface area (Å²) < 4.78 is 9.99. The molecule has 0 bridgehead atoms. The maximum atomic E-state index is 13.1. The maximum Gasteiger partial charge on any atom is 0.371 e. The lowest BCUT2D eigenvalue weighted by molar-refractivity contribution is -0.223. The van der Waals surface area contributed by atoms with E-state index >= 15 is 0 Å². The van der Waals surface area contributed by atoms with E-state index in [4.69, 9.17) is 4.74 Å². The molecule has 0 aromatic heterocycles. The number of ketones is 2. The van der Waals surface area contributed by atoms with Crippen LogP contribution in [-0.4, -0.2) is 46.2 Å². The first-order valence-electron chi connectivity index (χ1n) is 8.22. The predicted octanol–water partition coefficient (Wildman–Crippen LogP) is 1.61. The quantitative estimate of drug-likeness (QED) is 0.771. The van der Waals surface area contributed by atoms with Crippen molar-refractivity contribution in [1.82, 2.24) is 0 Å². The Bertz CT molecular complexity index is 907. The van der Waals surface area contributed by atoms with Crippen LogP contribution in [0, 0.1) is 6.92 Å². The van der Waals surface area contributed by atoms with Crippen LogP contribution in [-0.2, 0) is 20.7 Å². The first kappa shape index (κ1) is 18.3. The fourth-order valence-corrected chi connectivity index (χ4v) is 3.83. The fraction of sp³-hybridized carbons (Fsp3) is 0.421. The zero-order valence-corrected chi connectivity index (χ0v) is 15.2. The number of aryl methyl sites for hydroxylation is 1. The Morgan fingerprint density at radius 3 is 2.38 bits per heavy atom. The number of ether oxygens (including phenoxy) is 2. The molecule has 26 heavy (non-hydrogen) atoms. The molecule has 1 heterocycles. The third-order valence-electron chi connectivity index (χ3n) is 4.96. The van der Waals surface area contributed by atoms with Crippen LogP contribution in [0.15, 0.2) is 17.2 Å². The Balaban J connectivity index is 2.37. The van der Waals surface area contributed by atoms with Crippen molar-refractivity contribution < 1.29 is 34.1 Å². The van der Waals surface area contributed by atoms with E-state index in [9.17, 15) is 24.6 Å². The average Bonchev–Trinajstić information content (AvgIpc) is 2.78. The van der Waals surface area contributed by atoms with E-state index in [2.05, 4.69) is 4.74 Å². The third-order valence-corrected chi connectivity index (χ3v) is 4.96. The van der Waals surface area contributed by atoms with E-state index < -0.39 is 34.5 Å². The number of hydrogen-bond acceptors (Lipinski definition) is 7. The molecule has 7 heteroatoms. The van der Waals surface area contributed by atoms with Crippen LogP contribution in [0.4, 0.5) is 0 Å². The zero-order valence-electron chi connectivity index (χ0n) is 15.2. The van der Waals surface area contributed by atoms with Gasteiger partial charge in [-0.05, 0) is 44.4 Å². The number of benzene rings is 1. The normalized spacial score (nSPS) is 23.8. The smallest absolute Gasteiger partial charge is 0.371 e. The Morgan fingerprint density at radius 2 is 1.85 bits per heavy atom. The summed E-state index contributed by atoms with van der Waals surface area (Å²) >= 11 is 0. The second kappa shape index (κ2) is 5.49. The minimum Gasteiger partial charge on any atom is -0.507 e. The van der Waals surface area contributed by atoms with E-state index in [1.807, 2.05) is 0 Å². The Hall–Kier alpha value is -2.51. The van der Waals surface area contributed by atoms with Gasteiger partial charge in [-0.3, -0.25) is 9.59 Å². The van der Waals surface area contributed by atoms with Crippen LogP contribution < -0.4 is 0 Å². The molecule has 0 fully saturated rings. The number of carbonyl (C=O) groups is 3. The number of phenols is 1. The van der Waals surface area contributed by atoms with Crippen molar-refractivity contribution in [3.8, 4) is 5.75 Å². The monoisotopic (exact) mass is 360 g/mol. The van der Waals surface area contributed by atoms with Gasteiger partial charge in [-0.15, -0.1) is 0 Å². The van der Waals surface area contributed by atoms with E-state index in [1.165, 1.54) is 13.8 Å². The highest BCUT2D eigenvalue weighted by atomic mass is 16.7. The maximum absolute atomic E-state index is 13.1. The second-order valence-corrected chi connectivity index (χ2v) is 6.95. The highest BCUT2D eigenvalue weighted by Gasteiger charge is 2.62. The SMILES string of the molecule is CCc1c(C)cc2c(c1O)C(=O)C1=C(C2=O)C(C)(C)O[C@]1(O)C(=O)OC. The predicted molar refractivity (Wildman–Crippen MR) is 90.0 cm³/mol. The lowest BCUT2D eigenvalue weighted by Gasteiger charge is -2.26. The van der Waals surface area contributed by atoms with Crippen molar-refractivity contribution in [2.24, 2.45) is 0 Å². The number of fused-ring (bicyclic) bond motifs is 1. The largest absolute Gasteiger partial charge is 0.507 e. The number of carbonyl (C=O) groups excluding carboxylic acids is 3. The molecule has 0 unspecified atom stereocenters. The summed E-state index contributed by atoms with van der Waals surface area (Å²) in [4.78, 5) is 38.4. The molecule has 1 aliphatic carbocycles. The van der Waals surface area contributed by atoms with E-state index in [-0.39, 0.29) is 22.4 Å². The van der Waals surface area contributed by atoms with Gasteiger partial charge in [0.25, 0.3) is 5.79 Å². The highest BCUT2D eigenvalue weighted by molar-refractivity contribution is 6.31. The topological polar surface area (TPSA) is 110 Å². The van der Waals surface area contributed by atoms with Gasteiger partial charge in [0.1, 0.15) is 5.75 Å². The fourth-order valence-electron chi connectivity index (χ4n) is 3.83. The van der Waals surface area contributed by atoms with Crippen LogP contribution in [0.2, 0.25) is 0 Å². The lowest BCUT2D eigenvalue weighted by Crippen LogP contribution is -2.46. The molecule has 1 aromatic carbocycles. The third kappa shape index (κ3) is 2.10. The van der Waals surface area contributed by atoms with E-state index in [0.717, 1.165) is 7.11 Å².